The van der Waals surface area contributed by atoms with E-state index in [-0.39, 0.29) is 6.54 Å². The van der Waals surface area contributed by atoms with Gasteiger partial charge in [-0.1, -0.05) is 17.7 Å². The molecule has 0 fully saturated rings. The van der Waals surface area contributed by atoms with Crippen molar-refractivity contribution in [3.63, 3.8) is 0 Å². The molecule has 3 rings (SSSR count). The summed E-state index contributed by atoms with van der Waals surface area (Å²) < 4.78 is 5.08. The van der Waals surface area contributed by atoms with Crippen LogP contribution in [0.2, 0.25) is 5.02 Å². The van der Waals surface area contributed by atoms with Crippen molar-refractivity contribution < 1.29 is 14.3 Å². The molecular weight excluding hydrogens is 380 g/mol. The van der Waals surface area contributed by atoms with Gasteiger partial charge in [-0.3, -0.25) is 4.79 Å². The van der Waals surface area contributed by atoms with Crippen LogP contribution < -0.4 is 5.32 Å². The van der Waals surface area contributed by atoms with Crippen LogP contribution in [-0.2, 0) is 20.9 Å². The molecule has 0 radical (unpaired) electrons. The number of anilines is 1. The molecule has 9 nitrogen and oxygen atoms in total. The molecule has 3 aromatic heterocycles. The summed E-state index contributed by atoms with van der Waals surface area (Å²) in [5, 5.41) is 16.6. The molecule has 0 spiro atoms. The fourth-order valence-corrected chi connectivity index (χ4v) is 2.66. The second-order valence-corrected chi connectivity index (χ2v) is 6.49. The number of carbonyl (C=O) groups is 2. The second kappa shape index (κ2) is 8.02. The van der Waals surface area contributed by atoms with E-state index in [0.29, 0.717) is 16.7 Å². The Bertz CT molecular complexity index is 897. The van der Waals surface area contributed by atoms with Gasteiger partial charge in [0.25, 0.3) is 5.91 Å². The van der Waals surface area contributed by atoms with Gasteiger partial charge in [-0.2, -0.15) is 4.80 Å². The van der Waals surface area contributed by atoms with Crippen molar-refractivity contribution in [2.24, 2.45) is 0 Å². The lowest BCUT2D eigenvalue weighted by Crippen LogP contribution is -2.31. The Kier molecular flexibility index (Phi) is 5.54. The molecule has 1 amide bonds. The van der Waals surface area contributed by atoms with Crippen molar-refractivity contribution in [3.05, 3.63) is 40.9 Å². The molecule has 134 valence electrons. The van der Waals surface area contributed by atoms with Gasteiger partial charge in [0.15, 0.2) is 12.6 Å². The molecule has 0 saturated heterocycles. The van der Waals surface area contributed by atoms with Crippen LogP contribution in [0.15, 0.2) is 35.8 Å². The van der Waals surface area contributed by atoms with E-state index in [1.54, 1.807) is 12.1 Å². The van der Waals surface area contributed by atoms with Gasteiger partial charge in [-0.15, -0.1) is 21.5 Å². The first-order chi connectivity index (χ1) is 12.5. The first-order valence-electron chi connectivity index (χ1n) is 7.45. The van der Waals surface area contributed by atoms with Crippen molar-refractivity contribution in [2.75, 3.05) is 5.32 Å². The number of hydrogen-bond acceptors (Lipinski definition) is 8. The summed E-state index contributed by atoms with van der Waals surface area (Å²) in [6.07, 6.45) is 0.385. The van der Waals surface area contributed by atoms with Crippen LogP contribution in [0.5, 0.6) is 0 Å². The summed E-state index contributed by atoms with van der Waals surface area (Å²) in [5.41, 5.74) is 0. The van der Waals surface area contributed by atoms with Crippen LogP contribution in [-0.4, -0.2) is 43.2 Å². The maximum atomic E-state index is 12.0. The number of esters is 1. The fraction of sp³-hybridized carbons (Fsp3) is 0.200. The molecule has 3 heterocycles. The smallest absolute Gasteiger partial charge is 0.330 e. The highest BCUT2D eigenvalue weighted by atomic mass is 35.5. The summed E-state index contributed by atoms with van der Waals surface area (Å²) >= 11 is 7.19. The van der Waals surface area contributed by atoms with Gasteiger partial charge in [0.05, 0.1) is 9.90 Å². The largest absolute Gasteiger partial charge is 0.451 e. The number of thiophene rings is 1. The van der Waals surface area contributed by atoms with Gasteiger partial charge >= 0.3 is 5.97 Å². The number of halogens is 1. The molecule has 0 aliphatic rings. The topological polar surface area (TPSA) is 112 Å². The summed E-state index contributed by atoms with van der Waals surface area (Å²) in [6.45, 7) is 1.20. The summed E-state index contributed by atoms with van der Waals surface area (Å²) in [7, 11) is 0. The van der Waals surface area contributed by atoms with Gasteiger partial charge in [0, 0.05) is 6.20 Å². The molecule has 0 bridgehead atoms. The molecule has 1 atom stereocenters. The van der Waals surface area contributed by atoms with E-state index >= 15 is 0 Å². The average molecular weight is 393 g/mol. The lowest BCUT2D eigenvalue weighted by Gasteiger charge is -2.12. The molecular formula is C15H13ClN6O3S. The van der Waals surface area contributed by atoms with Crippen LogP contribution in [0.1, 0.15) is 6.92 Å². The number of amides is 1. The van der Waals surface area contributed by atoms with E-state index < -0.39 is 18.0 Å². The van der Waals surface area contributed by atoms with Crippen molar-refractivity contribution in [2.45, 2.75) is 19.6 Å². The molecule has 0 aliphatic heterocycles. The molecule has 0 unspecified atom stereocenters. The first kappa shape index (κ1) is 18.0. The van der Waals surface area contributed by atoms with Crippen molar-refractivity contribution >= 4 is 40.6 Å². The zero-order valence-corrected chi connectivity index (χ0v) is 15.1. The van der Waals surface area contributed by atoms with Gasteiger partial charge in [-0.25, -0.2) is 9.78 Å². The van der Waals surface area contributed by atoms with Crippen LogP contribution in [0.3, 0.4) is 0 Å². The molecule has 1 N–H and O–H groups in total. The number of pyridine rings is 1. The van der Waals surface area contributed by atoms with Gasteiger partial charge in [0.1, 0.15) is 5.82 Å². The summed E-state index contributed by atoms with van der Waals surface area (Å²) in [4.78, 5) is 29.9. The normalized spacial score (nSPS) is 11.8. The van der Waals surface area contributed by atoms with E-state index in [4.69, 9.17) is 16.3 Å². The summed E-state index contributed by atoms with van der Waals surface area (Å²) in [5.74, 6) is -0.445. The predicted octanol–water partition coefficient (Wildman–Crippen LogP) is 2.02. The molecule has 0 aliphatic carbocycles. The van der Waals surface area contributed by atoms with E-state index in [0.717, 1.165) is 9.67 Å². The van der Waals surface area contributed by atoms with E-state index in [1.165, 1.54) is 24.5 Å². The Morgan fingerprint density at radius 3 is 2.92 bits per heavy atom. The third-order valence-electron chi connectivity index (χ3n) is 3.12. The molecule has 0 saturated carbocycles. The minimum Gasteiger partial charge on any atom is -0.451 e. The minimum absolute atomic E-state index is 0.255. The Balaban J connectivity index is 1.52. The maximum Gasteiger partial charge on any atom is 0.330 e. The number of tetrazole rings is 1. The Labute approximate surface area is 157 Å². The lowest BCUT2D eigenvalue weighted by molar-refractivity contribution is -0.154. The lowest BCUT2D eigenvalue weighted by atomic mass is 10.3. The van der Waals surface area contributed by atoms with E-state index in [2.05, 4.69) is 25.7 Å². The standard InChI is InChI=1S/C15H13ClN6O3S/c1-9(15(24)18-12-5-4-10(16)7-17-12)25-13(23)8-22-20-14(19-21-22)11-3-2-6-26-11/h2-7,9H,8H2,1H3,(H,17,18,24)/t9-/m0/s1. The van der Waals surface area contributed by atoms with Crippen LogP contribution >= 0.6 is 22.9 Å². The molecule has 0 aromatic carbocycles. The van der Waals surface area contributed by atoms with Crippen molar-refractivity contribution in [1.82, 2.24) is 25.2 Å². The number of carbonyl (C=O) groups excluding carboxylic acids is 2. The maximum absolute atomic E-state index is 12.0. The van der Waals surface area contributed by atoms with Crippen LogP contribution in [0.25, 0.3) is 10.7 Å². The number of rotatable bonds is 6. The van der Waals surface area contributed by atoms with Crippen LogP contribution in [0.4, 0.5) is 5.82 Å². The first-order valence-corrected chi connectivity index (χ1v) is 8.70. The number of hydrogen-bond donors (Lipinski definition) is 1. The van der Waals surface area contributed by atoms with Gasteiger partial charge in [-0.05, 0) is 35.7 Å². The molecule has 3 aromatic rings. The number of nitrogens with one attached hydrogen (secondary N) is 1. The third-order valence-corrected chi connectivity index (χ3v) is 4.21. The average Bonchev–Trinajstić information content (AvgIpc) is 3.28. The Morgan fingerprint density at radius 1 is 1.38 bits per heavy atom. The third kappa shape index (κ3) is 4.61. The van der Waals surface area contributed by atoms with Gasteiger partial charge in [0.2, 0.25) is 5.82 Å². The minimum atomic E-state index is -1.01. The quantitative estimate of drug-likeness (QED) is 0.638. The Morgan fingerprint density at radius 2 is 2.23 bits per heavy atom. The molecule has 11 heteroatoms. The highest BCUT2D eigenvalue weighted by Crippen LogP contribution is 2.19. The van der Waals surface area contributed by atoms with E-state index in [9.17, 15) is 9.59 Å². The predicted molar refractivity (Wildman–Crippen MR) is 94.6 cm³/mol. The van der Waals surface area contributed by atoms with Crippen LogP contribution in [0, 0.1) is 0 Å². The van der Waals surface area contributed by atoms with Crippen molar-refractivity contribution in [3.8, 4) is 10.7 Å². The number of aromatic nitrogens is 5. The van der Waals surface area contributed by atoms with Crippen molar-refractivity contribution in [1.29, 1.82) is 0 Å². The Hall–Kier alpha value is -2.85. The fourth-order valence-electron chi connectivity index (χ4n) is 1.90. The number of ether oxygens (including phenoxy) is 1. The molecule has 26 heavy (non-hydrogen) atoms. The SMILES string of the molecule is C[C@H](OC(=O)Cn1nnc(-c2cccs2)n1)C(=O)Nc1ccc(Cl)cn1. The second-order valence-electron chi connectivity index (χ2n) is 5.10. The monoisotopic (exact) mass is 392 g/mol. The zero-order chi connectivity index (χ0) is 18.5. The van der Waals surface area contributed by atoms with E-state index in [1.807, 2.05) is 17.5 Å². The highest BCUT2D eigenvalue weighted by molar-refractivity contribution is 7.13. The number of nitrogens with zero attached hydrogens (tertiary/aromatic N) is 5. The highest BCUT2D eigenvalue weighted by Gasteiger charge is 2.19. The summed E-state index contributed by atoms with van der Waals surface area (Å²) in [6, 6.07) is 6.84. The van der Waals surface area contributed by atoms with Gasteiger partial charge < -0.3 is 10.1 Å². The zero-order valence-electron chi connectivity index (χ0n) is 13.5.